The van der Waals surface area contributed by atoms with E-state index < -0.39 is 0 Å². The first-order valence-corrected chi connectivity index (χ1v) is 3.05. The smallest absolute Gasteiger partial charge is 0.142 e. The number of nitrogen functional groups attached to an aromatic ring is 2. The lowest BCUT2D eigenvalue weighted by Crippen LogP contribution is -2.14. The first-order valence-electron chi connectivity index (χ1n) is 3.05. The molecule has 0 amide bonds. The third-order valence-corrected chi connectivity index (χ3v) is 1.13. The number of rotatable bonds is 1. The zero-order valence-corrected chi connectivity index (χ0v) is 6.13. The molecule has 1 heterocycles. The van der Waals surface area contributed by atoms with Gasteiger partial charge in [0.15, 0.2) is 0 Å². The number of nitrogens with two attached hydrogens (primary N) is 2. The molecule has 0 spiro atoms. The number of anilines is 1. The fourth-order valence-corrected chi connectivity index (χ4v) is 0.729. The summed E-state index contributed by atoms with van der Waals surface area (Å²) in [6.07, 6.45) is 0. The maximum atomic E-state index is 7.06. The summed E-state index contributed by atoms with van der Waals surface area (Å²) >= 11 is 0. The first-order chi connectivity index (χ1) is 5.09. The van der Waals surface area contributed by atoms with Crippen LogP contribution in [0.3, 0.4) is 0 Å². The molecule has 5 N–H and O–H groups in total. The molecule has 0 bridgehead atoms. The summed E-state index contributed by atoms with van der Waals surface area (Å²) < 4.78 is 0. The molecule has 1 rings (SSSR count). The maximum absolute atomic E-state index is 7.06. The molecule has 5 nitrogen and oxygen atoms in total. The summed E-state index contributed by atoms with van der Waals surface area (Å²) in [7, 11) is 0. The van der Waals surface area contributed by atoms with Crippen LogP contribution < -0.4 is 11.5 Å². The highest BCUT2D eigenvalue weighted by Crippen LogP contribution is 2.00. The van der Waals surface area contributed by atoms with Gasteiger partial charge in [-0.2, -0.15) is 0 Å². The van der Waals surface area contributed by atoms with Crippen LogP contribution in [0.15, 0.2) is 6.07 Å². The molecular weight excluding hydrogens is 142 g/mol. The Labute approximate surface area is 64.0 Å². The summed E-state index contributed by atoms with van der Waals surface area (Å²) in [5.74, 6) is 0.764. The van der Waals surface area contributed by atoms with E-state index in [1.54, 1.807) is 6.92 Å². The first kappa shape index (κ1) is 7.46. The van der Waals surface area contributed by atoms with E-state index in [0.29, 0.717) is 17.3 Å². The zero-order valence-electron chi connectivity index (χ0n) is 6.13. The molecule has 5 heteroatoms. The molecule has 0 fully saturated rings. The summed E-state index contributed by atoms with van der Waals surface area (Å²) in [5.41, 5.74) is 11.0. The fraction of sp³-hybridized carbons (Fsp3) is 0.167. The van der Waals surface area contributed by atoms with E-state index in [9.17, 15) is 0 Å². The Morgan fingerprint density at radius 1 is 1.55 bits per heavy atom. The van der Waals surface area contributed by atoms with Gasteiger partial charge < -0.3 is 11.5 Å². The monoisotopic (exact) mass is 151 g/mol. The van der Waals surface area contributed by atoms with Crippen LogP contribution in [-0.4, -0.2) is 15.8 Å². The Bertz CT molecular complexity index is 273. The quantitative estimate of drug-likeness (QED) is 0.377. The number of nitrogens with one attached hydrogen (secondary N) is 1. The van der Waals surface area contributed by atoms with Crippen LogP contribution in [0.1, 0.15) is 11.5 Å². The maximum Gasteiger partial charge on any atom is 0.142 e. The van der Waals surface area contributed by atoms with Crippen molar-refractivity contribution in [2.45, 2.75) is 6.92 Å². The van der Waals surface area contributed by atoms with Gasteiger partial charge in [0, 0.05) is 6.07 Å². The van der Waals surface area contributed by atoms with Gasteiger partial charge in [0.05, 0.1) is 0 Å². The van der Waals surface area contributed by atoms with Gasteiger partial charge in [-0.3, -0.25) is 5.41 Å². The number of aryl methyl sites for hydroxylation is 1. The molecule has 0 aliphatic rings. The van der Waals surface area contributed by atoms with Crippen LogP contribution in [-0.2, 0) is 0 Å². The van der Waals surface area contributed by atoms with E-state index in [4.69, 9.17) is 16.9 Å². The molecule has 0 unspecified atom stereocenters. The van der Waals surface area contributed by atoms with Gasteiger partial charge in [0.2, 0.25) is 0 Å². The molecule has 0 aliphatic carbocycles. The third-order valence-electron chi connectivity index (χ3n) is 1.13. The third kappa shape index (κ3) is 1.64. The molecule has 0 saturated heterocycles. The highest BCUT2D eigenvalue weighted by atomic mass is 15.0. The van der Waals surface area contributed by atoms with E-state index in [1.807, 2.05) is 0 Å². The SMILES string of the molecule is Cc1nc(N)cc(C(=N)N)n1. The Balaban J connectivity index is 3.19. The van der Waals surface area contributed by atoms with Gasteiger partial charge in [-0.25, -0.2) is 9.97 Å². The molecular formula is C6H9N5. The van der Waals surface area contributed by atoms with Crippen LogP contribution in [0.2, 0.25) is 0 Å². The fourth-order valence-electron chi connectivity index (χ4n) is 0.729. The van der Waals surface area contributed by atoms with Gasteiger partial charge in [0.1, 0.15) is 23.2 Å². The van der Waals surface area contributed by atoms with E-state index in [1.165, 1.54) is 6.07 Å². The second kappa shape index (κ2) is 2.53. The zero-order chi connectivity index (χ0) is 8.43. The second-order valence-corrected chi connectivity index (χ2v) is 2.14. The highest BCUT2D eigenvalue weighted by Gasteiger charge is 2.00. The molecule has 11 heavy (non-hydrogen) atoms. The molecule has 58 valence electrons. The number of aromatic nitrogens is 2. The van der Waals surface area contributed by atoms with Crippen molar-refractivity contribution in [2.75, 3.05) is 5.73 Å². The van der Waals surface area contributed by atoms with Gasteiger partial charge in [-0.15, -0.1) is 0 Å². The van der Waals surface area contributed by atoms with Crippen LogP contribution in [0.4, 0.5) is 5.82 Å². The Morgan fingerprint density at radius 3 is 2.64 bits per heavy atom. The van der Waals surface area contributed by atoms with Crippen molar-refractivity contribution in [1.29, 1.82) is 5.41 Å². The van der Waals surface area contributed by atoms with Crippen molar-refractivity contribution in [3.8, 4) is 0 Å². The molecule has 0 atom stereocenters. The lowest BCUT2D eigenvalue weighted by atomic mass is 10.3. The van der Waals surface area contributed by atoms with E-state index in [-0.39, 0.29) is 5.84 Å². The second-order valence-electron chi connectivity index (χ2n) is 2.14. The van der Waals surface area contributed by atoms with Gasteiger partial charge in [-0.1, -0.05) is 0 Å². The van der Waals surface area contributed by atoms with Crippen molar-refractivity contribution < 1.29 is 0 Å². The van der Waals surface area contributed by atoms with Gasteiger partial charge in [-0.05, 0) is 6.92 Å². The van der Waals surface area contributed by atoms with Crippen LogP contribution >= 0.6 is 0 Å². The predicted octanol–water partition coefficient (Wildman–Crippen LogP) is -0.349. The van der Waals surface area contributed by atoms with Crippen molar-refractivity contribution in [1.82, 2.24) is 9.97 Å². The molecule has 0 aliphatic heterocycles. The van der Waals surface area contributed by atoms with Gasteiger partial charge in [0.25, 0.3) is 0 Å². The van der Waals surface area contributed by atoms with Crippen molar-refractivity contribution in [3.05, 3.63) is 17.6 Å². The Morgan fingerprint density at radius 2 is 2.18 bits per heavy atom. The number of hydrogen-bond donors (Lipinski definition) is 3. The minimum absolute atomic E-state index is 0.0952. The van der Waals surface area contributed by atoms with Crippen LogP contribution in [0.25, 0.3) is 0 Å². The number of nitrogens with zero attached hydrogens (tertiary/aromatic N) is 2. The van der Waals surface area contributed by atoms with Crippen molar-refractivity contribution in [3.63, 3.8) is 0 Å². The van der Waals surface area contributed by atoms with Gasteiger partial charge >= 0.3 is 0 Å². The lowest BCUT2D eigenvalue weighted by molar-refractivity contribution is 1.04. The number of hydrogen-bond acceptors (Lipinski definition) is 4. The topological polar surface area (TPSA) is 102 Å². The minimum atomic E-state index is -0.0952. The Hall–Kier alpha value is -1.65. The molecule has 0 aromatic carbocycles. The van der Waals surface area contributed by atoms with E-state index in [2.05, 4.69) is 9.97 Å². The lowest BCUT2D eigenvalue weighted by Gasteiger charge is -1.99. The predicted molar refractivity (Wildman–Crippen MR) is 42.2 cm³/mol. The van der Waals surface area contributed by atoms with E-state index >= 15 is 0 Å². The molecule has 0 saturated carbocycles. The molecule has 1 aromatic rings. The van der Waals surface area contributed by atoms with Crippen molar-refractivity contribution >= 4 is 11.7 Å². The van der Waals surface area contributed by atoms with Crippen molar-refractivity contribution in [2.24, 2.45) is 5.73 Å². The molecule has 1 aromatic heterocycles. The largest absolute Gasteiger partial charge is 0.384 e. The summed E-state index contributed by atoms with van der Waals surface area (Å²) in [6, 6.07) is 1.47. The summed E-state index contributed by atoms with van der Waals surface area (Å²) in [4.78, 5) is 7.72. The normalized spacial score (nSPS) is 9.55. The average Bonchev–Trinajstić information content (AvgIpc) is 1.85. The van der Waals surface area contributed by atoms with Crippen LogP contribution in [0, 0.1) is 12.3 Å². The van der Waals surface area contributed by atoms with Crippen LogP contribution in [0.5, 0.6) is 0 Å². The average molecular weight is 151 g/mol. The van der Waals surface area contributed by atoms with E-state index in [0.717, 1.165) is 0 Å². The standard InChI is InChI=1S/C6H9N5/c1-3-10-4(6(8)9)2-5(7)11-3/h2H,1H3,(H3,8,9)(H2,7,10,11). The number of amidine groups is 1. The summed E-state index contributed by atoms with van der Waals surface area (Å²) in [5, 5.41) is 7.06. The Kier molecular flexibility index (Phi) is 1.72. The minimum Gasteiger partial charge on any atom is -0.384 e. The molecule has 0 radical (unpaired) electrons. The summed E-state index contributed by atoms with van der Waals surface area (Å²) in [6.45, 7) is 1.70. The highest BCUT2D eigenvalue weighted by molar-refractivity contribution is 5.93.